The number of ketones is 2. The molecule has 0 radical (unpaired) electrons. The van der Waals surface area contributed by atoms with Crippen molar-refractivity contribution in [3.63, 3.8) is 0 Å². The van der Waals surface area contributed by atoms with Gasteiger partial charge in [-0.2, -0.15) is 0 Å². The van der Waals surface area contributed by atoms with Gasteiger partial charge < -0.3 is 5.73 Å². The summed E-state index contributed by atoms with van der Waals surface area (Å²) in [7, 11) is 0. The SMILES string of the molecule is CC1=CC(=O)C(=Nc2ccc(N)cc2)CC1=O. The molecule has 0 heterocycles. The van der Waals surface area contributed by atoms with Crippen molar-refractivity contribution in [1.82, 2.24) is 0 Å². The highest BCUT2D eigenvalue weighted by Gasteiger charge is 2.21. The maximum Gasteiger partial charge on any atom is 0.200 e. The second kappa shape index (κ2) is 4.33. The second-order valence-electron chi connectivity index (χ2n) is 3.94. The molecule has 0 aliphatic heterocycles. The first kappa shape index (κ1) is 11.3. The molecule has 2 rings (SSSR count). The lowest BCUT2D eigenvalue weighted by Crippen LogP contribution is -2.22. The van der Waals surface area contributed by atoms with E-state index in [2.05, 4.69) is 4.99 Å². The van der Waals surface area contributed by atoms with Crippen LogP contribution in [0.15, 0.2) is 40.9 Å². The van der Waals surface area contributed by atoms with Crippen molar-refractivity contribution in [1.29, 1.82) is 0 Å². The number of nitrogen functional groups attached to an aromatic ring is 1. The van der Waals surface area contributed by atoms with E-state index in [9.17, 15) is 9.59 Å². The van der Waals surface area contributed by atoms with E-state index in [0.29, 0.717) is 16.9 Å². The summed E-state index contributed by atoms with van der Waals surface area (Å²) < 4.78 is 0. The van der Waals surface area contributed by atoms with E-state index in [1.807, 2.05) is 0 Å². The summed E-state index contributed by atoms with van der Waals surface area (Å²) in [5.41, 5.74) is 7.59. The Kier molecular flexibility index (Phi) is 2.87. The lowest BCUT2D eigenvalue weighted by Gasteiger charge is -2.09. The molecule has 86 valence electrons. The maximum absolute atomic E-state index is 11.6. The predicted molar refractivity (Wildman–Crippen MR) is 66.3 cm³/mol. The minimum absolute atomic E-state index is 0.0567. The van der Waals surface area contributed by atoms with Crippen molar-refractivity contribution in [2.24, 2.45) is 4.99 Å². The lowest BCUT2D eigenvalue weighted by molar-refractivity contribution is -0.116. The van der Waals surface area contributed by atoms with Crippen molar-refractivity contribution < 1.29 is 9.59 Å². The summed E-state index contributed by atoms with van der Waals surface area (Å²) in [4.78, 5) is 27.3. The molecular formula is C13H12N2O2. The van der Waals surface area contributed by atoms with Crippen molar-refractivity contribution >= 4 is 28.7 Å². The van der Waals surface area contributed by atoms with Crippen LogP contribution in [-0.4, -0.2) is 17.3 Å². The molecule has 4 heteroatoms. The third-order valence-corrected chi connectivity index (χ3v) is 2.56. The number of anilines is 1. The Labute approximate surface area is 98.8 Å². The van der Waals surface area contributed by atoms with Crippen LogP contribution in [0.25, 0.3) is 0 Å². The number of aliphatic imine (C=N–C) groups is 1. The van der Waals surface area contributed by atoms with Crippen LogP contribution < -0.4 is 5.73 Å². The molecule has 1 aliphatic rings. The van der Waals surface area contributed by atoms with Gasteiger partial charge in [0.15, 0.2) is 5.78 Å². The molecule has 0 amide bonds. The molecule has 0 bridgehead atoms. The molecule has 0 saturated carbocycles. The van der Waals surface area contributed by atoms with Gasteiger partial charge in [-0.3, -0.25) is 9.59 Å². The number of nitrogens with two attached hydrogens (primary N) is 1. The molecule has 1 aliphatic carbocycles. The summed E-state index contributed by atoms with van der Waals surface area (Å²) in [6, 6.07) is 6.84. The highest BCUT2D eigenvalue weighted by molar-refractivity contribution is 6.50. The van der Waals surface area contributed by atoms with Gasteiger partial charge in [0.2, 0.25) is 5.78 Å². The Morgan fingerprint density at radius 3 is 2.47 bits per heavy atom. The molecule has 0 aromatic heterocycles. The van der Waals surface area contributed by atoms with Crippen LogP contribution in [0.2, 0.25) is 0 Å². The fourth-order valence-electron chi connectivity index (χ4n) is 1.54. The van der Waals surface area contributed by atoms with Crippen LogP contribution in [0, 0.1) is 0 Å². The van der Waals surface area contributed by atoms with Gasteiger partial charge in [0, 0.05) is 5.69 Å². The topological polar surface area (TPSA) is 72.5 Å². The van der Waals surface area contributed by atoms with E-state index in [0.717, 1.165) is 0 Å². The van der Waals surface area contributed by atoms with E-state index in [-0.39, 0.29) is 23.7 Å². The Balaban J connectivity index is 2.32. The van der Waals surface area contributed by atoms with Gasteiger partial charge in [0.1, 0.15) is 0 Å². The number of hydrogen-bond donors (Lipinski definition) is 1. The van der Waals surface area contributed by atoms with E-state index < -0.39 is 0 Å². The zero-order chi connectivity index (χ0) is 12.4. The number of hydrogen-bond acceptors (Lipinski definition) is 4. The average Bonchev–Trinajstić information content (AvgIpc) is 2.29. The molecular weight excluding hydrogens is 216 g/mol. The highest BCUT2D eigenvalue weighted by Crippen LogP contribution is 2.17. The van der Waals surface area contributed by atoms with Gasteiger partial charge in [-0.25, -0.2) is 4.99 Å². The average molecular weight is 228 g/mol. The quantitative estimate of drug-likeness (QED) is 0.745. The highest BCUT2D eigenvalue weighted by atomic mass is 16.1. The van der Waals surface area contributed by atoms with Crippen LogP contribution in [0.1, 0.15) is 13.3 Å². The summed E-state index contributed by atoms with van der Waals surface area (Å²) in [6.45, 7) is 1.64. The van der Waals surface area contributed by atoms with Crippen LogP contribution in [0.5, 0.6) is 0 Å². The normalized spacial score (nSPS) is 18.4. The largest absolute Gasteiger partial charge is 0.399 e. The number of Topliss-reactive ketones (excluding diaryl/α,β-unsaturated/α-hetero) is 1. The van der Waals surface area contributed by atoms with Crippen LogP contribution >= 0.6 is 0 Å². The van der Waals surface area contributed by atoms with Crippen LogP contribution in [0.4, 0.5) is 11.4 Å². The number of benzene rings is 1. The van der Waals surface area contributed by atoms with E-state index >= 15 is 0 Å². The number of nitrogens with zero attached hydrogens (tertiary/aromatic N) is 1. The molecule has 4 nitrogen and oxygen atoms in total. The molecule has 0 unspecified atom stereocenters. The van der Waals surface area contributed by atoms with E-state index in [1.165, 1.54) is 6.08 Å². The molecule has 0 fully saturated rings. The third kappa shape index (κ3) is 2.47. The number of allylic oxidation sites excluding steroid dienone is 2. The molecule has 1 aromatic rings. The fourth-order valence-corrected chi connectivity index (χ4v) is 1.54. The zero-order valence-electron chi connectivity index (χ0n) is 9.43. The molecule has 0 atom stereocenters. The van der Waals surface area contributed by atoms with Crippen molar-refractivity contribution in [2.75, 3.05) is 5.73 Å². The Morgan fingerprint density at radius 2 is 1.82 bits per heavy atom. The minimum Gasteiger partial charge on any atom is -0.399 e. The Morgan fingerprint density at radius 1 is 1.18 bits per heavy atom. The first-order valence-electron chi connectivity index (χ1n) is 5.25. The molecule has 1 aromatic carbocycles. The first-order chi connectivity index (χ1) is 8.06. The van der Waals surface area contributed by atoms with Gasteiger partial charge in [-0.15, -0.1) is 0 Å². The predicted octanol–water partition coefficient (Wildman–Crippen LogP) is 1.83. The summed E-state index contributed by atoms with van der Waals surface area (Å²) >= 11 is 0. The third-order valence-electron chi connectivity index (χ3n) is 2.56. The zero-order valence-corrected chi connectivity index (χ0v) is 9.43. The Bertz CT molecular complexity index is 539. The lowest BCUT2D eigenvalue weighted by atomic mass is 9.96. The second-order valence-corrected chi connectivity index (χ2v) is 3.94. The number of carbonyl (C=O) groups is 2. The smallest absolute Gasteiger partial charge is 0.200 e. The first-order valence-corrected chi connectivity index (χ1v) is 5.25. The van der Waals surface area contributed by atoms with Gasteiger partial charge in [0.05, 0.1) is 17.8 Å². The monoisotopic (exact) mass is 228 g/mol. The molecule has 0 saturated heterocycles. The van der Waals surface area contributed by atoms with Gasteiger partial charge >= 0.3 is 0 Å². The maximum atomic E-state index is 11.6. The summed E-state index contributed by atoms with van der Waals surface area (Å²) in [5, 5.41) is 0. The summed E-state index contributed by atoms with van der Waals surface area (Å²) in [6.07, 6.45) is 1.41. The number of rotatable bonds is 1. The molecule has 2 N–H and O–H groups in total. The summed E-state index contributed by atoms with van der Waals surface area (Å²) in [5.74, 6) is -0.252. The number of carbonyl (C=O) groups excluding carboxylic acids is 2. The van der Waals surface area contributed by atoms with Crippen molar-refractivity contribution in [3.8, 4) is 0 Å². The van der Waals surface area contributed by atoms with Crippen LogP contribution in [0.3, 0.4) is 0 Å². The minimum atomic E-state index is -0.195. The van der Waals surface area contributed by atoms with Crippen molar-refractivity contribution in [3.05, 3.63) is 35.9 Å². The molecule has 0 spiro atoms. The van der Waals surface area contributed by atoms with Gasteiger partial charge in [-0.05, 0) is 42.8 Å². The van der Waals surface area contributed by atoms with E-state index in [4.69, 9.17) is 5.73 Å². The van der Waals surface area contributed by atoms with Gasteiger partial charge in [-0.1, -0.05) is 0 Å². The fraction of sp³-hybridized carbons (Fsp3) is 0.154. The molecule has 17 heavy (non-hydrogen) atoms. The van der Waals surface area contributed by atoms with E-state index in [1.54, 1.807) is 31.2 Å². The standard InChI is InChI=1S/C13H12N2O2/c1-8-6-13(17)11(7-12(8)16)15-10-4-2-9(14)3-5-10/h2-6H,7,14H2,1H3. The Hall–Kier alpha value is -2.23. The van der Waals surface area contributed by atoms with Gasteiger partial charge in [0.25, 0.3) is 0 Å². The van der Waals surface area contributed by atoms with Crippen LogP contribution in [-0.2, 0) is 9.59 Å². The van der Waals surface area contributed by atoms with Crippen molar-refractivity contribution in [2.45, 2.75) is 13.3 Å².